The third-order valence-corrected chi connectivity index (χ3v) is 10.4. The van der Waals surface area contributed by atoms with Gasteiger partial charge in [-0.25, -0.2) is 13.6 Å². The first-order valence-electron chi connectivity index (χ1n) is 16.0. The van der Waals surface area contributed by atoms with Crippen molar-refractivity contribution in [3.63, 3.8) is 0 Å². The van der Waals surface area contributed by atoms with Crippen molar-refractivity contribution in [2.75, 3.05) is 44.7 Å². The van der Waals surface area contributed by atoms with Gasteiger partial charge in [0.25, 0.3) is 0 Å². The van der Waals surface area contributed by atoms with Gasteiger partial charge in [-0.05, 0) is 93.9 Å². The maximum atomic E-state index is 15.0. The number of alkyl carbamates (subject to hydrolysis) is 1. The number of carbonyl (C=O) groups excluding carboxylic acids is 1. The summed E-state index contributed by atoms with van der Waals surface area (Å²) in [6.45, 7) is 6.81. The zero-order valence-electron chi connectivity index (χ0n) is 26.0. The van der Waals surface area contributed by atoms with E-state index in [4.69, 9.17) is 10.00 Å². The fourth-order valence-corrected chi connectivity index (χ4v) is 8.18. The maximum absolute atomic E-state index is 15.0. The van der Waals surface area contributed by atoms with Crippen molar-refractivity contribution in [3.05, 3.63) is 77.4 Å². The molecule has 3 atom stereocenters. The van der Waals surface area contributed by atoms with Gasteiger partial charge >= 0.3 is 6.09 Å². The maximum Gasteiger partial charge on any atom is 0.407 e. The average Bonchev–Trinajstić information content (AvgIpc) is 3.66. The lowest BCUT2D eigenvalue weighted by Gasteiger charge is -2.51. The molecule has 0 spiro atoms. The van der Waals surface area contributed by atoms with Crippen LogP contribution >= 0.6 is 0 Å². The number of aryl methyl sites for hydroxylation is 1. The zero-order valence-corrected chi connectivity index (χ0v) is 26.0. The van der Waals surface area contributed by atoms with Gasteiger partial charge in [0.05, 0.1) is 17.3 Å². The summed E-state index contributed by atoms with van der Waals surface area (Å²) in [4.78, 5) is 17.0. The molecule has 238 valence electrons. The summed E-state index contributed by atoms with van der Waals surface area (Å²) in [7, 11) is 1.57. The number of likely N-dealkylation sites (tertiary alicyclic amines) is 1. The van der Waals surface area contributed by atoms with E-state index in [0.717, 1.165) is 76.2 Å². The van der Waals surface area contributed by atoms with Crippen molar-refractivity contribution in [1.82, 2.24) is 25.0 Å². The molecule has 3 fully saturated rings. The molecule has 9 nitrogen and oxygen atoms in total. The summed E-state index contributed by atoms with van der Waals surface area (Å²) in [6.07, 6.45) is 5.44. The van der Waals surface area contributed by atoms with Crippen LogP contribution in [-0.2, 0) is 16.7 Å². The zero-order chi connectivity index (χ0) is 31.6. The summed E-state index contributed by atoms with van der Waals surface area (Å²) in [5.74, 6) is 0.813. The predicted molar refractivity (Wildman–Crippen MR) is 165 cm³/mol. The van der Waals surface area contributed by atoms with Gasteiger partial charge in [0.1, 0.15) is 29.9 Å². The van der Waals surface area contributed by atoms with Gasteiger partial charge in [0.2, 0.25) is 0 Å². The van der Waals surface area contributed by atoms with E-state index in [2.05, 4.69) is 25.0 Å². The first-order chi connectivity index (χ1) is 21.8. The molecule has 3 aliphatic rings. The van der Waals surface area contributed by atoms with E-state index in [1.54, 1.807) is 37.6 Å². The van der Waals surface area contributed by atoms with Crippen molar-refractivity contribution < 1.29 is 18.3 Å². The van der Waals surface area contributed by atoms with E-state index in [-0.39, 0.29) is 29.6 Å². The molecule has 11 heteroatoms. The number of carbonyl (C=O) groups is 1. The van der Waals surface area contributed by atoms with E-state index in [0.29, 0.717) is 23.7 Å². The second-order valence-corrected chi connectivity index (χ2v) is 12.9. The van der Waals surface area contributed by atoms with Gasteiger partial charge in [0, 0.05) is 50.5 Å². The van der Waals surface area contributed by atoms with Gasteiger partial charge in [-0.3, -0.25) is 0 Å². The Hall–Kier alpha value is -4.04. The van der Waals surface area contributed by atoms with Crippen LogP contribution in [0, 0.1) is 47.6 Å². The number of nitriles is 1. The molecule has 3 unspecified atom stereocenters. The standard InChI is InChI=1S/C34H41F2N7O2/c1-23-40-39-22-43(23)21-34(27-5-3-6-28(35)16-27,29-7-4-8-32(29)45-33(44)38-2)26-11-13-41(14-12-26)18-25-19-42(20-25)31-10-9-24(17-37)15-30(31)36/h3,5-6,9-10,15-16,22,25-26,29,32H,4,7-8,11-14,18-21H2,1-2H3,(H,38,44). The number of nitrogens with one attached hydrogen (secondary N) is 1. The molecule has 3 aromatic rings. The minimum absolute atomic E-state index is 0.00235. The van der Waals surface area contributed by atoms with Crippen molar-refractivity contribution in [1.29, 1.82) is 5.26 Å². The van der Waals surface area contributed by atoms with Gasteiger partial charge in [0.15, 0.2) is 0 Å². The number of halogens is 2. The number of anilines is 1. The fraction of sp³-hybridized carbons (Fsp3) is 0.529. The van der Waals surface area contributed by atoms with Crippen LogP contribution in [0.5, 0.6) is 0 Å². The highest BCUT2D eigenvalue weighted by Crippen LogP contribution is 2.52. The Bertz CT molecular complexity index is 1540. The highest BCUT2D eigenvalue weighted by atomic mass is 19.1. The van der Waals surface area contributed by atoms with Crippen molar-refractivity contribution in [3.8, 4) is 6.07 Å². The molecule has 45 heavy (non-hydrogen) atoms. The molecule has 2 aromatic carbocycles. The molecular formula is C34H41F2N7O2. The summed E-state index contributed by atoms with van der Waals surface area (Å²) < 4.78 is 37.6. The SMILES string of the molecule is CNC(=O)OC1CCCC1C(Cn1cnnc1C)(c1cccc(F)c1)C1CCN(CC2CN(c3ccc(C#N)cc3F)C2)CC1. The second-order valence-electron chi connectivity index (χ2n) is 12.9. The Morgan fingerprint density at radius 2 is 1.93 bits per heavy atom. The van der Waals surface area contributed by atoms with Gasteiger partial charge in [-0.15, -0.1) is 10.2 Å². The number of rotatable bonds is 9. The number of benzene rings is 2. The molecule has 1 amide bonds. The van der Waals surface area contributed by atoms with Crippen molar-refractivity contribution in [2.45, 2.75) is 57.1 Å². The van der Waals surface area contributed by atoms with Crippen molar-refractivity contribution in [2.24, 2.45) is 17.8 Å². The van der Waals surface area contributed by atoms with Crippen LogP contribution in [0.3, 0.4) is 0 Å². The van der Waals surface area contributed by atoms with Crippen LogP contribution in [-0.4, -0.2) is 71.6 Å². The number of hydrogen-bond donors (Lipinski definition) is 1. The minimum Gasteiger partial charge on any atom is -0.446 e. The topological polar surface area (TPSA) is 99.3 Å². The Kier molecular flexibility index (Phi) is 9.04. The van der Waals surface area contributed by atoms with Gasteiger partial charge in [-0.1, -0.05) is 12.1 Å². The number of hydrogen-bond acceptors (Lipinski definition) is 7. The monoisotopic (exact) mass is 617 g/mol. The Morgan fingerprint density at radius 1 is 1.13 bits per heavy atom. The van der Waals surface area contributed by atoms with Crippen molar-refractivity contribution >= 4 is 11.8 Å². The highest BCUT2D eigenvalue weighted by molar-refractivity contribution is 5.67. The van der Waals surface area contributed by atoms with E-state index in [1.165, 1.54) is 12.1 Å². The molecule has 2 aliphatic heterocycles. The molecule has 2 saturated heterocycles. The fourth-order valence-electron chi connectivity index (χ4n) is 8.18. The second kappa shape index (κ2) is 13.1. The number of nitrogens with zero attached hydrogens (tertiary/aromatic N) is 6. The van der Waals surface area contributed by atoms with Crippen LogP contribution in [0.1, 0.15) is 49.1 Å². The number of aromatic nitrogens is 3. The lowest BCUT2D eigenvalue weighted by Crippen LogP contribution is -2.55. The van der Waals surface area contributed by atoms with Crippen LogP contribution in [0.2, 0.25) is 0 Å². The molecule has 1 saturated carbocycles. The van der Waals surface area contributed by atoms with Crippen LogP contribution < -0.4 is 10.2 Å². The number of piperidine rings is 1. The number of amides is 1. The summed E-state index contributed by atoms with van der Waals surface area (Å²) in [6, 6.07) is 13.6. The molecule has 6 rings (SSSR count). The Morgan fingerprint density at radius 3 is 2.60 bits per heavy atom. The smallest absolute Gasteiger partial charge is 0.407 e. The highest BCUT2D eigenvalue weighted by Gasteiger charge is 2.53. The number of ether oxygens (including phenoxy) is 1. The average molecular weight is 618 g/mol. The Labute approximate surface area is 263 Å². The van der Waals surface area contributed by atoms with Gasteiger partial charge in [-0.2, -0.15) is 5.26 Å². The largest absolute Gasteiger partial charge is 0.446 e. The first kappa shape index (κ1) is 31.0. The molecular weight excluding hydrogens is 576 g/mol. The van der Waals surface area contributed by atoms with Crippen LogP contribution in [0.4, 0.5) is 19.3 Å². The third kappa shape index (κ3) is 6.25. The van der Waals surface area contributed by atoms with E-state index in [1.807, 2.05) is 24.0 Å². The van der Waals surface area contributed by atoms with Crippen LogP contribution in [0.15, 0.2) is 48.8 Å². The molecule has 1 aromatic heterocycles. The van der Waals surface area contributed by atoms with E-state index < -0.39 is 11.5 Å². The molecule has 1 N–H and O–H groups in total. The normalized spacial score (nSPS) is 22.4. The third-order valence-electron chi connectivity index (χ3n) is 10.4. The predicted octanol–water partition coefficient (Wildman–Crippen LogP) is 5.05. The molecule has 0 bridgehead atoms. The minimum atomic E-state index is -0.503. The van der Waals surface area contributed by atoms with Gasteiger partial charge < -0.3 is 24.4 Å². The van der Waals surface area contributed by atoms with Crippen LogP contribution in [0.25, 0.3) is 0 Å². The lowest BCUT2D eigenvalue weighted by molar-refractivity contribution is 0.00164. The molecule has 0 radical (unpaired) electrons. The first-order valence-corrected chi connectivity index (χ1v) is 16.0. The summed E-state index contributed by atoms with van der Waals surface area (Å²) >= 11 is 0. The molecule has 1 aliphatic carbocycles. The quantitative estimate of drug-likeness (QED) is 0.359. The molecule has 3 heterocycles. The van der Waals surface area contributed by atoms with E-state index in [9.17, 15) is 13.6 Å². The summed E-state index contributed by atoms with van der Waals surface area (Å²) in [5.41, 5.74) is 1.31. The van der Waals surface area contributed by atoms with E-state index >= 15 is 0 Å². The Balaban J connectivity index is 1.22. The lowest BCUT2D eigenvalue weighted by atomic mass is 9.58. The summed E-state index contributed by atoms with van der Waals surface area (Å²) in [5, 5.41) is 20.1.